The van der Waals surface area contributed by atoms with Crippen molar-refractivity contribution in [3.8, 4) is 0 Å². The maximum atomic E-state index is 15.3. The van der Waals surface area contributed by atoms with Crippen LogP contribution in [0.5, 0.6) is 0 Å². The number of ether oxygens (including phenoxy) is 1. The second kappa shape index (κ2) is 12.6. The highest BCUT2D eigenvalue weighted by molar-refractivity contribution is 6.20. The molecule has 0 radical (unpaired) electrons. The highest BCUT2D eigenvalue weighted by Gasteiger charge is 2.42. The number of likely N-dealkylation sites (N-methyl/N-ethyl adjacent to an activating group) is 1. The van der Waals surface area contributed by atoms with Gasteiger partial charge in [0.05, 0.1) is 0 Å². The summed E-state index contributed by atoms with van der Waals surface area (Å²) in [6.45, 7) is 6.81. The van der Waals surface area contributed by atoms with Crippen molar-refractivity contribution in [2.75, 3.05) is 39.3 Å². The third-order valence-electron chi connectivity index (χ3n) is 7.88. The largest absolute Gasteiger partial charge is 0.428 e. The lowest BCUT2D eigenvalue weighted by Crippen LogP contribution is -2.57. The fraction of sp³-hybridized carbons (Fsp3) is 0.957. The van der Waals surface area contributed by atoms with Crippen LogP contribution in [-0.4, -0.2) is 96.2 Å². The fourth-order valence-corrected chi connectivity index (χ4v) is 5.94. The smallest absolute Gasteiger partial charge is 0.340 e. The van der Waals surface area contributed by atoms with Crippen molar-refractivity contribution in [1.29, 1.82) is 5.41 Å². The Kier molecular flexibility index (Phi) is 10.3. The van der Waals surface area contributed by atoms with Gasteiger partial charge in [-0.3, -0.25) is 11.1 Å². The molecule has 2 aliphatic carbocycles. The molecule has 7 atom stereocenters. The molecule has 3 fully saturated rings. The van der Waals surface area contributed by atoms with Gasteiger partial charge in [0.1, 0.15) is 12.4 Å². The molecule has 35 heavy (non-hydrogen) atoms. The summed E-state index contributed by atoms with van der Waals surface area (Å²) in [5.74, 6) is -0.434. The minimum absolute atomic E-state index is 0.0234. The number of nitrogens with one attached hydrogen (secondary N) is 1. The van der Waals surface area contributed by atoms with E-state index in [1.807, 2.05) is 4.90 Å². The Hall–Kier alpha value is -0.880. The van der Waals surface area contributed by atoms with Gasteiger partial charge in [0.2, 0.25) is 6.23 Å². The van der Waals surface area contributed by atoms with E-state index in [0.29, 0.717) is 25.3 Å². The van der Waals surface area contributed by atoms with Crippen LogP contribution >= 0.6 is 11.6 Å². The molecule has 1 heterocycles. The van der Waals surface area contributed by atoms with Gasteiger partial charge in [0.25, 0.3) is 0 Å². The van der Waals surface area contributed by atoms with Crippen LogP contribution in [0.3, 0.4) is 0 Å². The molecule has 1 aliphatic heterocycles. The molecule has 3 rings (SSSR count). The number of halogens is 5. The molecular weight excluding hydrogens is 488 g/mol. The van der Waals surface area contributed by atoms with E-state index in [9.17, 15) is 13.2 Å². The van der Waals surface area contributed by atoms with Crippen LogP contribution < -0.4 is 11.5 Å². The quantitative estimate of drug-likeness (QED) is 0.154. The van der Waals surface area contributed by atoms with Crippen molar-refractivity contribution < 1.29 is 22.3 Å². The summed E-state index contributed by atoms with van der Waals surface area (Å²) in [6.07, 6.45) is -5.16. The molecule has 5 N–H and O–H groups in total. The molecule has 0 aromatic heterocycles. The predicted octanol–water partition coefficient (Wildman–Crippen LogP) is 3.31. The Morgan fingerprint density at radius 1 is 1.11 bits per heavy atom. The normalized spacial score (nSPS) is 32.8. The Balaban J connectivity index is 1.62. The van der Waals surface area contributed by atoms with E-state index in [1.165, 1.54) is 0 Å². The second-order valence-electron chi connectivity index (χ2n) is 10.2. The lowest BCUT2D eigenvalue weighted by atomic mass is 9.79. The zero-order chi connectivity index (χ0) is 25.8. The number of hydrogen-bond acceptors (Lipinski definition) is 5. The van der Waals surface area contributed by atoms with Gasteiger partial charge >= 0.3 is 6.18 Å². The number of nitrogens with zero attached hydrogens (tertiary/aromatic N) is 3. The predicted molar refractivity (Wildman–Crippen MR) is 129 cm³/mol. The van der Waals surface area contributed by atoms with Crippen LogP contribution in [0.15, 0.2) is 0 Å². The minimum Gasteiger partial charge on any atom is -0.340 e. The standard InChI is InChI=1S/C23H41ClF4N6O/c1-2-32-8-10-33(11-9-32)22(31)34(18-5-3-4-17(24)13-18)14-16-7-6-15(12-19(16)25)20(29)35-21(30)23(26,27)28/h15-21,31H,2-14,29-30H2,1H3. The monoisotopic (exact) mass is 528 g/mol. The molecule has 0 amide bonds. The molecule has 204 valence electrons. The summed E-state index contributed by atoms with van der Waals surface area (Å²) in [5, 5.41) is 9.05. The van der Waals surface area contributed by atoms with Crippen LogP contribution in [-0.2, 0) is 4.74 Å². The molecule has 1 saturated heterocycles. The lowest BCUT2D eigenvalue weighted by Gasteiger charge is -2.46. The summed E-state index contributed by atoms with van der Waals surface area (Å²) >= 11 is 6.47. The Bertz CT molecular complexity index is 681. The molecule has 2 saturated carbocycles. The Labute approximate surface area is 210 Å². The van der Waals surface area contributed by atoms with E-state index < -0.39 is 30.7 Å². The number of hydrogen-bond donors (Lipinski definition) is 3. The number of piperazine rings is 1. The zero-order valence-corrected chi connectivity index (χ0v) is 21.3. The Morgan fingerprint density at radius 3 is 2.37 bits per heavy atom. The molecule has 7 nitrogen and oxygen atoms in total. The Morgan fingerprint density at radius 2 is 1.80 bits per heavy atom. The molecule has 0 bridgehead atoms. The highest BCUT2D eigenvalue weighted by atomic mass is 35.5. The summed E-state index contributed by atoms with van der Waals surface area (Å²) in [6, 6.07) is 0.0863. The first-order valence-corrected chi connectivity index (χ1v) is 13.3. The van der Waals surface area contributed by atoms with Gasteiger partial charge in [0.15, 0.2) is 5.96 Å². The lowest BCUT2D eigenvalue weighted by molar-refractivity contribution is -0.237. The first-order valence-electron chi connectivity index (χ1n) is 12.8. The maximum Gasteiger partial charge on any atom is 0.428 e. The molecule has 0 aromatic carbocycles. The summed E-state index contributed by atoms with van der Waals surface area (Å²) in [5.41, 5.74) is 10.8. The maximum absolute atomic E-state index is 15.3. The van der Waals surface area contributed by atoms with E-state index >= 15 is 4.39 Å². The third kappa shape index (κ3) is 7.80. The number of alkyl halides is 5. The van der Waals surface area contributed by atoms with Crippen molar-refractivity contribution in [2.24, 2.45) is 23.3 Å². The average molecular weight is 529 g/mol. The number of nitrogens with two attached hydrogens (primary N) is 2. The van der Waals surface area contributed by atoms with Gasteiger partial charge in [-0.15, -0.1) is 11.6 Å². The van der Waals surface area contributed by atoms with Gasteiger partial charge in [-0.05, 0) is 51.5 Å². The van der Waals surface area contributed by atoms with Crippen molar-refractivity contribution in [2.45, 2.75) is 88.1 Å². The van der Waals surface area contributed by atoms with E-state index in [2.05, 4.69) is 16.7 Å². The van der Waals surface area contributed by atoms with Crippen LogP contribution in [0.1, 0.15) is 51.9 Å². The van der Waals surface area contributed by atoms with Gasteiger partial charge in [-0.2, -0.15) is 13.2 Å². The van der Waals surface area contributed by atoms with E-state index in [0.717, 1.165) is 58.4 Å². The molecule has 3 aliphatic rings. The van der Waals surface area contributed by atoms with Crippen LogP contribution in [0.4, 0.5) is 17.6 Å². The topological polar surface area (TPSA) is 94.8 Å². The minimum atomic E-state index is -4.71. The zero-order valence-electron chi connectivity index (χ0n) is 20.5. The van der Waals surface area contributed by atoms with Gasteiger partial charge in [0, 0.05) is 56.0 Å². The second-order valence-corrected chi connectivity index (χ2v) is 10.8. The van der Waals surface area contributed by atoms with Crippen molar-refractivity contribution in [3.05, 3.63) is 0 Å². The summed E-state index contributed by atoms with van der Waals surface area (Å²) in [7, 11) is 0. The van der Waals surface area contributed by atoms with Gasteiger partial charge in [-0.25, -0.2) is 4.39 Å². The first-order chi connectivity index (χ1) is 16.5. The first kappa shape index (κ1) is 28.7. The molecule has 0 spiro atoms. The van der Waals surface area contributed by atoms with Crippen molar-refractivity contribution >= 4 is 17.6 Å². The van der Waals surface area contributed by atoms with Crippen molar-refractivity contribution in [1.82, 2.24) is 14.7 Å². The van der Waals surface area contributed by atoms with E-state index in [-0.39, 0.29) is 23.8 Å². The molecule has 0 aromatic rings. The van der Waals surface area contributed by atoms with Gasteiger partial charge < -0.3 is 25.2 Å². The van der Waals surface area contributed by atoms with Crippen LogP contribution in [0.2, 0.25) is 0 Å². The summed E-state index contributed by atoms with van der Waals surface area (Å²) in [4.78, 5) is 6.47. The number of guanidine groups is 1. The van der Waals surface area contributed by atoms with E-state index in [4.69, 9.17) is 33.2 Å². The molecule has 12 heteroatoms. The van der Waals surface area contributed by atoms with Crippen LogP contribution in [0, 0.1) is 17.2 Å². The SMILES string of the molecule is CCN1CCN(C(=N)N(CC2CCC(C(N)OC(N)C(F)(F)F)CC2F)C2CCCC(Cl)C2)CC1. The fourth-order valence-electron chi connectivity index (χ4n) is 5.58. The van der Waals surface area contributed by atoms with Gasteiger partial charge in [-0.1, -0.05) is 6.92 Å². The highest BCUT2D eigenvalue weighted by Crippen LogP contribution is 2.36. The van der Waals surface area contributed by atoms with Crippen LogP contribution in [0.25, 0.3) is 0 Å². The summed E-state index contributed by atoms with van der Waals surface area (Å²) < 4.78 is 58.2. The van der Waals surface area contributed by atoms with E-state index in [1.54, 1.807) is 0 Å². The number of rotatable bonds is 7. The van der Waals surface area contributed by atoms with Crippen molar-refractivity contribution in [3.63, 3.8) is 0 Å². The molecular formula is C23H41ClF4N6O. The average Bonchev–Trinajstić information content (AvgIpc) is 2.82. The molecule has 7 unspecified atom stereocenters. The third-order valence-corrected chi connectivity index (χ3v) is 8.28.